The van der Waals surface area contributed by atoms with Crippen LogP contribution in [0.2, 0.25) is 0 Å². The van der Waals surface area contributed by atoms with Gasteiger partial charge in [-0.15, -0.1) is 0 Å². The van der Waals surface area contributed by atoms with Gasteiger partial charge >= 0.3 is 6.03 Å². The molecule has 1 saturated carbocycles. The predicted octanol–water partition coefficient (Wildman–Crippen LogP) is 3.55. The van der Waals surface area contributed by atoms with E-state index in [4.69, 9.17) is 4.74 Å². The molecule has 0 unspecified atom stereocenters. The van der Waals surface area contributed by atoms with Crippen LogP contribution in [0.3, 0.4) is 0 Å². The van der Waals surface area contributed by atoms with Crippen molar-refractivity contribution in [3.63, 3.8) is 0 Å². The van der Waals surface area contributed by atoms with Gasteiger partial charge in [0.2, 0.25) is 0 Å². The van der Waals surface area contributed by atoms with Crippen LogP contribution in [0, 0.1) is 12.7 Å². The van der Waals surface area contributed by atoms with E-state index in [9.17, 15) is 9.18 Å². The molecule has 6 heteroatoms. The Labute approximate surface area is 128 Å². The van der Waals surface area contributed by atoms with Crippen molar-refractivity contribution < 1.29 is 13.9 Å². The van der Waals surface area contributed by atoms with Crippen molar-refractivity contribution in [1.82, 2.24) is 5.32 Å². The number of hydrogen-bond acceptors (Lipinski definition) is 3. The molecule has 1 aliphatic carbocycles. The number of carbonyl (C=O) groups is 1. The minimum Gasteiger partial charge on any atom is -0.494 e. The molecular weight excluding hydrogens is 291 g/mol. The maximum atomic E-state index is 13.7. The Morgan fingerprint density at radius 1 is 1.48 bits per heavy atom. The van der Waals surface area contributed by atoms with Crippen molar-refractivity contribution in [1.29, 1.82) is 0 Å². The Hall–Kier alpha value is -1.43. The molecule has 4 nitrogen and oxygen atoms in total. The predicted molar refractivity (Wildman–Crippen MR) is 84.8 cm³/mol. The van der Waals surface area contributed by atoms with Gasteiger partial charge in [-0.1, -0.05) is 6.42 Å². The Kier molecular flexibility index (Phi) is 4.98. The van der Waals surface area contributed by atoms with E-state index >= 15 is 0 Å². The molecule has 0 aromatic heterocycles. The molecule has 1 fully saturated rings. The van der Waals surface area contributed by atoms with Gasteiger partial charge < -0.3 is 15.4 Å². The standard InChI is InChI=1S/C15H21FN2O2S/c1-10-7-13(20-2)11(16)8-12(10)18-14(19)17-9-15(21-3)5-4-6-15/h7-8H,4-6,9H2,1-3H3,(H2,17,18,19). The first kappa shape index (κ1) is 15.9. The number of anilines is 1. The van der Waals surface area contributed by atoms with E-state index in [1.54, 1.807) is 24.8 Å². The van der Waals surface area contributed by atoms with Crippen molar-refractivity contribution in [3.8, 4) is 5.75 Å². The molecule has 0 heterocycles. The van der Waals surface area contributed by atoms with Crippen molar-refractivity contribution in [2.45, 2.75) is 30.9 Å². The Morgan fingerprint density at radius 2 is 2.19 bits per heavy atom. The summed E-state index contributed by atoms with van der Waals surface area (Å²) in [5, 5.41) is 5.57. The van der Waals surface area contributed by atoms with E-state index in [1.165, 1.54) is 19.6 Å². The molecule has 116 valence electrons. The lowest BCUT2D eigenvalue weighted by atomic mass is 9.84. The van der Waals surface area contributed by atoms with Crippen LogP contribution in [0.15, 0.2) is 12.1 Å². The van der Waals surface area contributed by atoms with Gasteiger partial charge in [-0.2, -0.15) is 11.8 Å². The van der Waals surface area contributed by atoms with Crippen molar-refractivity contribution in [2.75, 3.05) is 25.2 Å². The largest absolute Gasteiger partial charge is 0.494 e. The highest BCUT2D eigenvalue weighted by Crippen LogP contribution is 2.42. The number of benzene rings is 1. The molecule has 0 aliphatic heterocycles. The third-order valence-electron chi connectivity index (χ3n) is 4.02. The highest BCUT2D eigenvalue weighted by Gasteiger charge is 2.36. The van der Waals surface area contributed by atoms with Crippen LogP contribution in [0.25, 0.3) is 0 Å². The van der Waals surface area contributed by atoms with Gasteiger partial charge in [-0.3, -0.25) is 0 Å². The molecule has 0 spiro atoms. The maximum Gasteiger partial charge on any atom is 0.319 e. The molecule has 0 bridgehead atoms. The van der Waals surface area contributed by atoms with Crippen LogP contribution in [0.5, 0.6) is 5.75 Å². The van der Waals surface area contributed by atoms with E-state index in [-0.39, 0.29) is 16.5 Å². The average Bonchev–Trinajstić information content (AvgIpc) is 2.41. The summed E-state index contributed by atoms with van der Waals surface area (Å²) in [5.74, 6) is -0.313. The molecule has 0 radical (unpaired) electrons. The Morgan fingerprint density at radius 3 is 2.71 bits per heavy atom. The molecule has 21 heavy (non-hydrogen) atoms. The molecular formula is C15H21FN2O2S. The van der Waals surface area contributed by atoms with Crippen molar-refractivity contribution in [3.05, 3.63) is 23.5 Å². The van der Waals surface area contributed by atoms with Gasteiger partial charge in [0.15, 0.2) is 11.6 Å². The summed E-state index contributed by atoms with van der Waals surface area (Å²) in [4.78, 5) is 11.9. The Bertz CT molecular complexity index is 527. The summed E-state index contributed by atoms with van der Waals surface area (Å²) in [6, 6.07) is 2.55. The third-order valence-corrected chi connectivity index (χ3v) is 5.43. The van der Waals surface area contributed by atoms with Crippen LogP contribution < -0.4 is 15.4 Å². The van der Waals surface area contributed by atoms with Crippen molar-refractivity contribution in [2.24, 2.45) is 0 Å². The first-order valence-electron chi connectivity index (χ1n) is 6.94. The molecule has 2 rings (SSSR count). The second-order valence-electron chi connectivity index (χ2n) is 5.35. The quantitative estimate of drug-likeness (QED) is 0.874. The number of thioether (sulfide) groups is 1. The van der Waals surface area contributed by atoms with Gasteiger partial charge in [0.05, 0.1) is 7.11 Å². The number of nitrogens with one attached hydrogen (secondary N) is 2. The molecule has 2 amide bonds. The van der Waals surface area contributed by atoms with Gasteiger partial charge in [-0.25, -0.2) is 9.18 Å². The smallest absolute Gasteiger partial charge is 0.319 e. The number of amides is 2. The summed E-state index contributed by atoms with van der Waals surface area (Å²) < 4.78 is 18.8. The number of hydrogen-bond donors (Lipinski definition) is 2. The van der Waals surface area contributed by atoms with E-state index in [0.29, 0.717) is 12.2 Å². The van der Waals surface area contributed by atoms with Crippen LogP contribution in [-0.2, 0) is 0 Å². The van der Waals surface area contributed by atoms with Crippen LogP contribution >= 0.6 is 11.8 Å². The lowest BCUT2D eigenvalue weighted by Gasteiger charge is -2.40. The number of aryl methyl sites for hydroxylation is 1. The second-order valence-corrected chi connectivity index (χ2v) is 6.62. The maximum absolute atomic E-state index is 13.7. The molecule has 2 N–H and O–H groups in total. The molecule has 1 aromatic carbocycles. The number of methoxy groups -OCH3 is 1. The molecule has 1 aromatic rings. The molecule has 0 saturated heterocycles. The molecule has 0 atom stereocenters. The van der Waals surface area contributed by atoms with Gasteiger partial charge in [-0.05, 0) is 37.7 Å². The highest BCUT2D eigenvalue weighted by atomic mass is 32.2. The summed E-state index contributed by atoms with van der Waals surface area (Å²) in [7, 11) is 1.41. The van der Waals surface area contributed by atoms with Gasteiger partial charge in [0.25, 0.3) is 0 Å². The van der Waals surface area contributed by atoms with Gasteiger partial charge in [0, 0.05) is 23.0 Å². The fraction of sp³-hybridized carbons (Fsp3) is 0.533. The lowest BCUT2D eigenvalue weighted by Crippen LogP contribution is -2.46. The van der Waals surface area contributed by atoms with Crippen LogP contribution in [0.4, 0.5) is 14.9 Å². The van der Waals surface area contributed by atoms with Crippen LogP contribution in [-0.4, -0.2) is 30.7 Å². The summed E-state index contributed by atoms with van der Waals surface area (Å²) in [6.07, 6.45) is 5.55. The third kappa shape index (κ3) is 3.61. The lowest BCUT2D eigenvalue weighted by molar-refractivity contribution is 0.247. The summed E-state index contributed by atoms with van der Waals surface area (Å²) in [6.45, 7) is 2.44. The van der Waals surface area contributed by atoms with E-state index in [0.717, 1.165) is 18.4 Å². The first-order valence-corrected chi connectivity index (χ1v) is 8.16. The number of carbonyl (C=O) groups excluding carboxylic acids is 1. The van der Waals surface area contributed by atoms with Crippen LogP contribution in [0.1, 0.15) is 24.8 Å². The average molecular weight is 312 g/mol. The number of rotatable bonds is 5. The number of halogens is 1. The summed E-state index contributed by atoms with van der Waals surface area (Å²) in [5.41, 5.74) is 1.21. The zero-order valence-corrected chi connectivity index (χ0v) is 13.4. The number of ether oxygens (including phenoxy) is 1. The van der Waals surface area contributed by atoms with E-state index < -0.39 is 5.82 Å². The SMILES string of the molecule is COc1cc(C)c(NC(=O)NCC2(SC)CCC2)cc1F. The monoisotopic (exact) mass is 312 g/mol. The summed E-state index contributed by atoms with van der Waals surface area (Å²) >= 11 is 1.80. The fourth-order valence-corrected chi connectivity index (χ4v) is 3.29. The van der Waals surface area contributed by atoms with Crippen molar-refractivity contribution >= 4 is 23.5 Å². The minimum absolute atomic E-state index is 0.175. The zero-order valence-electron chi connectivity index (χ0n) is 12.6. The zero-order chi connectivity index (χ0) is 15.5. The van der Waals surface area contributed by atoms with Gasteiger partial charge in [0.1, 0.15) is 0 Å². The molecule has 1 aliphatic rings. The fourth-order valence-electron chi connectivity index (χ4n) is 2.38. The topological polar surface area (TPSA) is 50.4 Å². The highest BCUT2D eigenvalue weighted by molar-refractivity contribution is 8.00. The van der Waals surface area contributed by atoms with E-state index in [1.807, 2.05) is 0 Å². The number of urea groups is 1. The first-order chi connectivity index (χ1) is 9.99. The normalized spacial score (nSPS) is 16.0. The minimum atomic E-state index is -0.488. The second kappa shape index (κ2) is 6.56. The van der Waals surface area contributed by atoms with E-state index in [2.05, 4.69) is 16.9 Å². The Balaban J connectivity index is 1.95.